The molecule has 19 heteroatoms. The molecule has 0 radical (unpaired) electrons. The number of aryl methyl sites for hydroxylation is 5. The summed E-state index contributed by atoms with van der Waals surface area (Å²) in [4.78, 5) is 39.9. The maximum Gasteiger partial charge on any atom is 0.227 e. The van der Waals surface area contributed by atoms with Crippen LogP contribution in [0.3, 0.4) is 0 Å². The van der Waals surface area contributed by atoms with Gasteiger partial charge in [-0.3, -0.25) is 15.0 Å². The molecule has 0 saturated carbocycles. The fourth-order valence-electron chi connectivity index (χ4n) is 16.8. The van der Waals surface area contributed by atoms with Crippen LogP contribution >= 0.6 is 0 Å². The van der Waals surface area contributed by atoms with Gasteiger partial charge in [-0.2, -0.15) is 0 Å². The minimum absolute atomic E-state index is 0.211. The van der Waals surface area contributed by atoms with E-state index in [0.717, 1.165) is 122 Å². The minimum Gasteiger partial charge on any atom is -0.454 e. The van der Waals surface area contributed by atoms with E-state index in [4.69, 9.17) is 22.1 Å². The number of para-hydroxylation sites is 5. The monoisotopic (exact) mass is 1800 g/mol. The molecule has 22 rings (SSSR count). The highest BCUT2D eigenvalue weighted by Gasteiger charge is 2.37. The van der Waals surface area contributed by atoms with Gasteiger partial charge in [-0.1, -0.05) is 236 Å². The Balaban J connectivity index is 0.000000195. The number of nitrogens with zero attached hydrogens (tertiary/aromatic N) is 14. The topological polar surface area (TPSA) is 150 Å². The number of furan rings is 5. The Hall–Kier alpha value is -13.4. The Morgan fingerprint density at radius 1 is 0.241 bits per heavy atom. The normalized spacial score (nSPS) is 15.5. The molecule has 0 fully saturated rings. The lowest BCUT2D eigenvalue weighted by Gasteiger charge is -2.29. The molecule has 0 aliphatic carbocycles. The second-order valence-electron chi connectivity index (χ2n) is 30.2. The van der Waals surface area contributed by atoms with Crippen LogP contribution in [-0.4, -0.2) is 101 Å². The first kappa shape index (κ1) is 105. The first-order valence-corrected chi connectivity index (χ1v) is 48.6. The molecule has 0 spiro atoms. The molecular weight excluding hydrogens is 1650 g/mol. The van der Waals surface area contributed by atoms with Gasteiger partial charge in [0, 0.05) is 152 Å². The number of benzene rings is 8. The van der Waals surface area contributed by atoms with Crippen LogP contribution in [-0.2, 0) is 0 Å². The van der Waals surface area contributed by atoms with Crippen molar-refractivity contribution in [2.75, 3.05) is 69.5 Å². The van der Waals surface area contributed by atoms with Crippen LogP contribution in [0.5, 0.6) is 0 Å². The lowest BCUT2D eigenvalue weighted by molar-refractivity contribution is 0.383. The van der Waals surface area contributed by atoms with Crippen LogP contribution in [0.4, 0.5) is 51.2 Å². The summed E-state index contributed by atoms with van der Waals surface area (Å²) in [6, 6.07) is 58.7. The number of aromatic nitrogens is 4. The molecule has 5 aliphatic heterocycles. The third-order valence-electron chi connectivity index (χ3n) is 23.7. The molecule has 706 valence electrons. The van der Waals surface area contributed by atoms with Crippen LogP contribution in [0.15, 0.2) is 266 Å². The lowest BCUT2D eigenvalue weighted by atomic mass is 10.1. The Bertz CT molecular complexity index is 6140. The summed E-state index contributed by atoms with van der Waals surface area (Å²) in [5.41, 5.74) is 26.4. The van der Waals surface area contributed by atoms with Crippen LogP contribution in [0.25, 0.3) is 110 Å². The summed E-state index contributed by atoms with van der Waals surface area (Å²) in [5, 5.41) is 10.0. The molecule has 133 heavy (non-hydrogen) atoms. The Labute approximate surface area is 793 Å². The van der Waals surface area contributed by atoms with Crippen molar-refractivity contribution in [2.45, 2.75) is 239 Å². The van der Waals surface area contributed by atoms with E-state index >= 15 is 0 Å². The smallest absolute Gasteiger partial charge is 0.227 e. The third-order valence-corrected chi connectivity index (χ3v) is 23.7. The number of anilines is 9. The largest absolute Gasteiger partial charge is 0.454 e. The zero-order chi connectivity index (χ0) is 97.9. The summed E-state index contributed by atoms with van der Waals surface area (Å²) < 4.78 is 30.9. The summed E-state index contributed by atoms with van der Waals surface area (Å²) in [5.74, 6) is 0. The second-order valence-corrected chi connectivity index (χ2v) is 30.2. The van der Waals surface area contributed by atoms with Gasteiger partial charge in [-0.25, -0.2) is 4.98 Å². The number of pyridine rings is 4. The van der Waals surface area contributed by atoms with Crippen molar-refractivity contribution < 1.29 is 22.1 Å². The highest BCUT2D eigenvalue weighted by molar-refractivity contribution is 6.14. The molecular formula is C114H150N14O5. The van der Waals surface area contributed by atoms with Crippen LogP contribution in [0.2, 0.25) is 0 Å². The number of fused-ring (bicyclic) bond motifs is 17. The zero-order valence-electron chi connectivity index (χ0n) is 86.3. The van der Waals surface area contributed by atoms with E-state index in [-0.39, 0.29) is 30.8 Å². The highest BCUT2D eigenvalue weighted by atomic mass is 16.4. The molecule has 8 aromatic carbocycles. The van der Waals surface area contributed by atoms with Crippen molar-refractivity contribution in [1.29, 1.82) is 0 Å². The maximum atomic E-state index is 6.32. The molecule has 9 aromatic heterocycles. The van der Waals surface area contributed by atoms with Gasteiger partial charge in [-0.15, -0.1) is 0 Å². The molecule has 5 aliphatic rings. The van der Waals surface area contributed by atoms with Gasteiger partial charge in [0.2, 0.25) is 5.71 Å². The van der Waals surface area contributed by atoms with Crippen molar-refractivity contribution in [2.24, 2.45) is 0 Å². The van der Waals surface area contributed by atoms with Crippen molar-refractivity contribution in [3.63, 3.8) is 0 Å². The van der Waals surface area contributed by atoms with Gasteiger partial charge in [0.05, 0.1) is 57.4 Å². The molecule has 17 aromatic rings. The van der Waals surface area contributed by atoms with Gasteiger partial charge < -0.3 is 71.1 Å². The maximum absolute atomic E-state index is 6.32. The molecule has 14 heterocycles. The van der Waals surface area contributed by atoms with Crippen molar-refractivity contribution in [3.8, 4) is 0 Å². The Kier molecular flexibility index (Phi) is 38.8. The SMILES string of the molecule is CC.CC.CC.CC.CC.CC.CC.CC.CC.CC.Cc1ccc2c(oc3ccccc32)c1N1c2ccccc2N(C)[C@@H]1C.Cc1ccc2c(oc3cccnc32)c1N1C=CN(C)[C@@H]1C.Cc1ccc2c(oc3ccncc32)c1N1C=CN(C)[C@@H]1C.Cc1ccc2c(oc3cnccc32)c1N1C=CN(C)[C@@H]1C.Cc1ccc2c(oc3ncccc32)c1N1c2ccccc2N(C)[C@@H]1C. The van der Waals surface area contributed by atoms with E-state index in [9.17, 15) is 0 Å². The van der Waals surface area contributed by atoms with Gasteiger partial charge in [-0.05, 0) is 170 Å². The summed E-state index contributed by atoms with van der Waals surface area (Å²) >= 11 is 0. The second kappa shape index (κ2) is 49.2. The van der Waals surface area contributed by atoms with E-state index < -0.39 is 0 Å². The average Bonchev–Trinajstić information content (AvgIpc) is 1.59. The molecule has 0 N–H and O–H groups in total. The highest BCUT2D eigenvalue weighted by Crippen LogP contribution is 2.51. The Morgan fingerprint density at radius 3 is 1.01 bits per heavy atom. The summed E-state index contributed by atoms with van der Waals surface area (Å²) in [7, 11) is 10.5. The molecule has 0 saturated heterocycles. The van der Waals surface area contributed by atoms with E-state index in [1.54, 1.807) is 18.6 Å². The minimum atomic E-state index is 0.211. The van der Waals surface area contributed by atoms with E-state index in [1.807, 2.05) is 200 Å². The molecule has 0 amide bonds. The van der Waals surface area contributed by atoms with E-state index in [0.29, 0.717) is 5.71 Å². The molecule has 19 nitrogen and oxygen atoms in total. The standard InChI is InChI=1S/C22H20N2O.C21H19N3O.3C17H17N3O.10C2H6/c1-14-12-13-17-16-8-4-7-11-20(16)25-22(17)21(14)24-15(2)23(3)18-9-5-6-10-19(18)24;1-13-10-11-15-16-7-6-12-22-21(16)25-20(15)19(13)24-14(2)23(3)17-8-4-5-9-18(17)24;1-11-4-5-14-13-6-7-18-10-15(13)21-17(14)16(11)20-9-8-19(3)12(20)2;1-11-4-5-13-14-10-18-7-6-15(14)21-17(13)16(11)20-9-8-19(3)12(20)2;1-11-6-7-13-15-14(5-4-8-18-15)21-17(13)16(11)20-10-9-19(3)12(20)2;10*1-2/h4-13,15H,1-3H3;4-12,14H,1-3H3;3*4-10,12H,1-3H3;10*1-2H3/t15-;14-;3*12-;;;;;;;;;;/m00000........../s1. The molecule has 0 unspecified atom stereocenters. The molecule has 0 bridgehead atoms. The summed E-state index contributed by atoms with van der Waals surface area (Å²) in [6.07, 6.45) is 24.7. The third kappa shape index (κ3) is 20.6. The van der Waals surface area contributed by atoms with Crippen LogP contribution in [0, 0.1) is 34.6 Å². The quantitative estimate of drug-likeness (QED) is 0.161. The van der Waals surface area contributed by atoms with Gasteiger partial charge in [0.15, 0.2) is 39.1 Å². The fraction of sp³-hybridized carbons (Fsp3) is 0.351. The lowest BCUT2D eigenvalue weighted by Crippen LogP contribution is -2.36. The predicted octanol–water partition coefficient (Wildman–Crippen LogP) is 32.9. The van der Waals surface area contributed by atoms with Gasteiger partial charge in [0.25, 0.3) is 0 Å². The van der Waals surface area contributed by atoms with Crippen molar-refractivity contribution >= 4 is 161 Å². The zero-order valence-corrected chi connectivity index (χ0v) is 86.3. The number of rotatable bonds is 5. The fourth-order valence-corrected chi connectivity index (χ4v) is 16.8. The van der Waals surface area contributed by atoms with Gasteiger partial charge in [0.1, 0.15) is 47.5 Å². The average molecular weight is 1800 g/mol. The van der Waals surface area contributed by atoms with E-state index in [2.05, 4.69) is 338 Å². The van der Waals surface area contributed by atoms with Crippen molar-refractivity contribution in [3.05, 3.63) is 272 Å². The predicted molar refractivity (Wildman–Crippen MR) is 576 cm³/mol. The first-order chi connectivity index (χ1) is 64.8. The van der Waals surface area contributed by atoms with Crippen LogP contribution in [0.1, 0.15) is 201 Å². The van der Waals surface area contributed by atoms with E-state index in [1.165, 1.54) is 61.3 Å². The molecule has 5 atom stereocenters. The first-order valence-electron chi connectivity index (χ1n) is 48.6. The number of hydrogen-bond acceptors (Lipinski definition) is 19. The Morgan fingerprint density at radius 2 is 0.556 bits per heavy atom. The van der Waals surface area contributed by atoms with Gasteiger partial charge >= 0.3 is 0 Å². The van der Waals surface area contributed by atoms with Crippen molar-refractivity contribution in [1.82, 2.24) is 34.6 Å². The summed E-state index contributed by atoms with van der Waals surface area (Å²) in [6.45, 7) is 61.7. The van der Waals surface area contributed by atoms with Crippen LogP contribution < -0.4 is 34.3 Å². The number of hydrogen-bond donors (Lipinski definition) is 0.